The molecule has 1 aromatic carbocycles. The van der Waals surface area contributed by atoms with Crippen LogP contribution in [0, 0.1) is 0 Å². The highest BCUT2D eigenvalue weighted by molar-refractivity contribution is 14.1. The van der Waals surface area contributed by atoms with Crippen molar-refractivity contribution in [2.75, 3.05) is 0 Å². The standard InChI is InChI=1S/C12H9F4IO/c1-6-5-11(13,17)10(18)8-3-2-7(4-9(6)8)12(14,15)16/h2-4,6H,5H2,1H3. The molecule has 0 saturated carbocycles. The molecule has 0 bridgehead atoms. The lowest BCUT2D eigenvalue weighted by Gasteiger charge is -2.30. The molecule has 1 nitrogen and oxygen atoms in total. The van der Waals surface area contributed by atoms with E-state index < -0.39 is 27.1 Å². The molecular formula is C12H9F4IO. The first kappa shape index (κ1) is 13.8. The van der Waals surface area contributed by atoms with E-state index in [2.05, 4.69) is 0 Å². The summed E-state index contributed by atoms with van der Waals surface area (Å²) < 4.78 is 49.6. The van der Waals surface area contributed by atoms with Gasteiger partial charge in [0.15, 0.2) is 0 Å². The number of hydrogen-bond donors (Lipinski definition) is 0. The Bertz CT molecular complexity index is 507. The van der Waals surface area contributed by atoms with Crippen molar-refractivity contribution in [1.82, 2.24) is 0 Å². The van der Waals surface area contributed by atoms with E-state index in [1.54, 1.807) is 6.92 Å². The number of benzene rings is 1. The fourth-order valence-electron chi connectivity index (χ4n) is 2.14. The average molecular weight is 372 g/mol. The zero-order chi connectivity index (χ0) is 13.7. The molecule has 0 N–H and O–H groups in total. The van der Waals surface area contributed by atoms with Gasteiger partial charge >= 0.3 is 6.18 Å². The fraction of sp³-hybridized carbons (Fsp3) is 0.417. The molecule has 0 fully saturated rings. The average Bonchev–Trinajstić information content (AvgIpc) is 2.24. The van der Waals surface area contributed by atoms with E-state index in [0.717, 1.165) is 18.2 Å². The first-order chi connectivity index (χ1) is 8.13. The molecule has 0 aliphatic heterocycles. The Morgan fingerprint density at radius 1 is 1.39 bits per heavy atom. The van der Waals surface area contributed by atoms with Crippen LogP contribution < -0.4 is 0 Å². The molecule has 1 aliphatic rings. The number of carbonyl (C=O) groups excluding carboxylic acids is 1. The molecule has 0 radical (unpaired) electrons. The number of carbonyl (C=O) groups is 1. The number of halogens is 5. The largest absolute Gasteiger partial charge is 0.416 e. The van der Waals surface area contributed by atoms with E-state index in [1.165, 1.54) is 22.6 Å². The molecule has 2 atom stereocenters. The minimum atomic E-state index is -4.45. The molecular weight excluding hydrogens is 363 g/mol. The van der Waals surface area contributed by atoms with Crippen LogP contribution in [0.15, 0.2) is 18.2 Å². The monoisotopic (exact) mass is 372 g/mol. The van der Waals surface area contributed by atoms with Gasteiger partial charge < -0.3 is 0 Å². The predicted octanol–water partition coefficient (Wildman–Crippen LogP) is 4.50. The Morgan fingerprint density at radius 2 is 2.00 bits per heavy atom. The van der Waals surface area contributed by atoms with Gasteiger partial charge in [-0.3, -0.25) is 4.79 Å². The van der Waals surface area contributed by atoms with E-state index in [-0.39, 0.29) is 17.5 Å². The molecule has 0 aromatic heterocycles. The normalized spacial score (nSPS) is 28.1. The zero-order valence-corrected chi connectivity index (χ0v) is 11.5. The maximum atomic E-state index is 13.9. The minimum Gasteiger partial charge on any atom is -0.290 e. The fourth-order valence-corrected chi connectivity index (χ4v) is 3.09. The summed E-state index contributed by atoms with van der Waals surface area (Å²) in [5.41, 5.74) is -0.473. The number of hydrogen-bond acceptors (Lipinski definition) is 1. The van der Waals surface area contributed by atoms with Gasteiger partial charge in [0, 0.05) is 12.0 Å². The molecule has 1 aliphatic carbocycles. The van der Waals surface area contributed by atoms with Gasteiger partial charge in [-0.25, -0.2) is 4.39 Å². The van der Waals surface area contributed by atoms with Crippen LogP contribution in [0.4, 0.5) is 17.6 Å². The van der Waals surface area contributed by atoms with Crippen LogP contribution in [0.2, 0.25) is 0 Å². The third kappa shape index (κ3) is 2.26. The van der Waals surface area contributed by atoms with Gasteiger partial charge in [0.25, 0.3) is 0 Å². The smallest absolute Gasteiger partial charge is 0.290 e. The van der Waals surface area contributed by atoms with Crippen molar-refractivity contribution in [3.8, 4) is 0 Å². The van der Waals surface area contributed by atoms with Gasteiger partial charge in [0.1, 0.15) is 0 Å². The SMILES string of the molecule is CC1CC(F)(I)C(=O)c2ccc(C(F)(F)F)cc21. The summed E-state index contributed by atoms with van der Waals surface area (Å²) in [6.45, 7) is 1.62. The Balaban J connectivity index is 2.56. The third-order valence-electron chi connectivity index (χ3n) is 3.05. The number of ketones is 1. The van der Waals surface area contributed by atoms with Crippen LogP contribution in [0.5, 0.6) is 0 Å². The van der Waals surface area contributed by atoms with Gasteiger partial charge in [-0.2, -0.15) is 13.2 Å². The second-order valence-electron chi connectivity index (χ2n) is 4.44. The van der Waals surface area contributed by atoms with Crippen LogP contribution in [0.25, 0.3) is 0 Å². The Morgan fingerprint density at radius 3 is 2.56 bits per heavy atom. The second-order valence-corrected chi connectivity index (χ2v) is 6.15. The Kier molecular flexibility index (Phi) is 3.19. The number of Topliss-reactive ketones (excluding diaryl/α,β-unsaturated/α-hetero) is 1. The van der Waals surface area contributed by atoms with Gasteiger partial charge in [-0.1, -0.05) is 13.0 Å². The van der Waals surface area contributed by atoms with Crippen molar-refractivity contribution in [3.63, 3.8) is 0 Å². The highest BCUT2D eigenvalue weighted by Crippen LogP contribution is 2.44. The minimum absolute atomic E-state index is 0.0543. The molecule has 18 heavy (non-hydrogen) atoms. The first-order valence-electron chi connectivity index (χ1n) is 5.26. The van der Waals surface area contributed by atoms with Crippen LogP contribution in [0.1, 0.15) is 40.7 Å². The Hall–Kier alpha value is -0.660. The van der Waals surface area contributed by atoms with Crippen LogP contribution in [0.3, 0.4) is 0 Å². The van der Waals surface area contributed by atoms with E-state index in [4.69, 9.17) is 0 Å². The first-order valence-corrected chi connectivity index (χ1v) is 6.34. The van der Waals surface area contributed by atoms with Crippen molar-refractivity contribution in [3.05, 3.63) is 34.9 Å². The summed E-state index contributed by atoms with van der Waals surface area (Å²) in [6.07, 6.45) is -4.55. The molecule has 0 amide bonds. The van der Waals surface area contributed by atoms with Crippen LogP contribution >= 0.6 is 22.6 Å². The summed E-state index contributed by atoms with van der Waals surface area (Å²) in [5, 5.41) is 0. The van der Waals surface area contributed by atoms with Crippen molar-refractivity contribution in [1.29, 1.82) is 0 Å². The lowest BCUT2D eigenvalue weighted by atomic mass is 9.81. The zero-order valence-electron chi connectivity index (χ0n) is 9.31. The summed E-state index contributed by atoms with van der Waals surface area (Å²) in [5.74, 6) is -1.16. The second kappa shape index (κ2) is 4.18. The lowest BCUT2D eigenvalue weighted by molar-refractivity contribution is -0.137. The predicted molar refractivity (Wildman–Crippen MR) is 66.7 cm³/mol. The van der Waals surface area contributed by atoms with E-state index in [1.807, 2.05) is 0 Å². The number of fused-ring (bicyclic) bond motifs is 1. The summed E-state index contributed by atoms with van der Waals surface area (Å²) >= 11 is 1.42. The lowest BCUT2D eigenvalue weighted by Crippen LogP contribution is -2.34. The summed E-state index contributed by atoms with van der Waals surface area (Å²) in [6, 6.07) is 2.84. The van der Waals surface area contributed by atoms with Gasteiger partial charge in [-0.15, -0.1) is 0 Å². The molecule has 0 saturated heterocycles. The van der Waals surface area contributed by atoms with E-state index in [9.17, 15) is 22.4 Å². The van der Waals surface area contributed by atoms with Crippen LogP contribution in [-0.2, 0) is 6.18 Å². The third-order valence-corrected chi connectivity index (χ3v) is 3.98. The van der Waals surface area contributed by atoms with Crippen molar-refractivity contribution >= 4 is 28.4 Å². The highest BCUT2D eigenvalue weighted by Gasteiger charge is 2.44. The van der Waals surface area contributed by atoms with Crippen molar-refractivity contribution in [2.24, 2.45) is 0 Å². The summed E-state index contributed by atoms with van der Waals surface area (Å²) in [7, 11) is 0. The molecule has 98 valence electrons. The van der Waals surface area contributed by atoms with Gasteiger partial charge in [0.05, 0.1) is 5.56 Å². The molecule has 1 aromatic rings. The van der Waals surface area contributed by atoms with Crippen molar-refractivity contribution < 1.29 is 22.4 Å². The maximum Gasteiger partial charge on any atom is 0.416 e. The van der Waals surface area contributed by atoms with E-state index in [0.29, 0.717) is 0 Å². The number of alkyl halides is 5. The molecule has 2 unspecified atom stereocenters. The highest BCUT2D eigenvalue weighted by atomic mass is 127. The van der Waals surface area contributed by atoms with Crippen LogP contribution in [-0.4, -0.2) is 9.46 Å². The topological polar surface area (TPSA) is 17.1 Å². The summed E-state index contributed by atoms with van der Waals surface area (Å²) in [4.78, 5) is 11.8. The Labute approximate surface area is 115 Å². The number of rotatable bonds is 0. The maximum absolute atomic E-state index is 13.9. The van der Waals surface area contributed by atoms with Crippen molar-refractivity contribution in [2.45, 2.75) is 29.1 Å². The molecule has 0 spiro atoms. The quantitative estimate of drug-likeness (QED) is 0.373. The molecule has 6 heteroatoms. The van der Waals surface area contributed by atoms with E-state index >= 15 is 0 Å². The molecule has 2 rings (SSSR count). The van der Waals surface area contributed by atoms with Gasteiger partial charge in [0.2, 0.25) is 9.46 Å². The van der Waals surface area contributed by atoms with Gasteiger partial charge in [-0.05, 0) is 46.2 Å². The molecule has 0 heterocycles.